The Bertz CT molecular complexity index is 551. The normalized spacial score (nSPS) is 16.4. The molecule has 1 aromatic carbocycles. The van der Waals surface area contributed by atoms with Crippen LogP contribution in [0.2, 0.25) is 0 Å². The Balaban J connectivity index is 2.54. The second-order valence-corrected chi connectivity index (χ2v) is 6.54. The fourth-order valence-corrected chi connectivity index (χ4v) is 2.90. The molecule has 6 heteroatoms. The van der Waals surface area contributed by atoms with Crippen LogP contribution in [0.5, 0.6) is 11.5 Å². The molecular weight excluding hydrogens is 254 g/mol. The van der Waals surface area contributed by atoms with Crippen molar-refractivity contribution in [3.63, 3.8) is 0 Å². The lowest BCUT2D eigenvalue weighted by Gasteiger charge is -2.21. The van der Waals surface area contributed by atoms with Gasteiger partial charge >= 0.3 is 0 Å². The van der Waals surface area contributed by atoms with E-state index < -0.39 is 9.84 Å². The average molecular weight is 271 g/mol. The zero-order valence-corrected chi connectivity index (χ0v) is 11.3. The zero-order chi connectivity index (χ0) is 13.3. The number of fused-ring (bicyclic) bond motifs is 1. The first-order valence-electron chi connectivity index (χ1n) is 5.76. The highest BCUT2D eigenvalue weighted by atomic mass is 32.2. The fraction of sp³-hybridized carbons (Fsp3) is 0.500. The maximum absolute atomic E-state index is 11.8. The van der Waals surface area contributed by atoms with Gasteiger partial charge in [0, 0.05) is 18.4 Å². The van der Waals surface area contributed by atoms with Gasteiger partial charge in [0.05, 0.1) is 4.90 Å². The summed E-state index contributed by atoms with van der Waals surface area (Å²) < 4.78 is 34.4. The predicted octanol–water partition coefficient (Wildman–Crippen LogP) is 0.751. The standard InChI is InChI=1S/C12H17NO4S/c1-8(13)5-9-6-10-11(17-4-3-16-10)7-12(9)18(2,14)15/h6-8H,3-5,13H2,1-2H3. The Kier molecular flexibility index (Phi) is 3.49. The lowest BCUT2D eigenvalue weighted by molar-refractivity contribution is 0.171. The van der Waals surface area contributed by atoms with Crippen LogP contribution >= 0.6 is 0 Å². The van der Waals surface area contributed by atoms with E-state index in [0.29, 0.717) is 36.7 Å². The number of hydrogen-bond acceptors (Lipinski definition) is 5. The lowest BCUT2D eigenvalue weighted by atomic mass is 10.1. The van der Waals surface area contributed by atoms with Gasteiger partial charge in [0.15, 0.2) is 21.3 Å². The monoisotopic (exact) mass is 271 g/mol. The van der Waals surface area contributed by atoms with Crippen LogP contribution < -0.4 is 15.2 Å². The molecule has 0 spiro atoms. The first-order chi connectivity index (χ1) is 8.38. The molecule has 1 heterocycles. The fourth-order valence-electron chi connectivity index (χ4n) is 1.96. The summed E-state index contributed by atoms with van der Waals surface area (Å²) in [6, 6.07) is 3.13. The summed E-state index contributed by atoms with van der Waals surface area (Å²) in [6.45, 7) is 2.74. The minimum atomic E-state index is -3.30. The molecule has 0 aromatic heterocycles. The molecule has 1 aliphatic rings. The molecule has 0 amide bonds. The van der Waals surface area contributed by atoms with Gasteiger partial charge in [0.1, 0.15) is 13.2 Å². The van der Waals surface area contributed by atoms with E-state index >= 15 is 0 Å². The van der Waals surface area contributed by atoms with E-state index in [1.165, 1.54) is 12.3 Å². The van der Waals surface area contributed by atoms with Gasteiger partial charge in [-0.05, 0) is 25.0 Å². The summed E-state index contributed by atoms with van der Waals surface area (Å²) in [5.74, 6) is 1.07. The second kappa shape index (κ2) is 4.78. The minimum Gasteiger partial charge on any atom is -0.486 e. The molecule has 0 aliphatic carbocycles. The van der Waals surface area contributed by atoms with E-state index in [-0.39, 0.29) is 10.9 Å². The first-order valence-corrected chi connectivity index (χ1v) is 7.65. The van der Waals surface area contributed by atoms with Crippen molar-refractivity contribution < 1.29 is 17.9 Å². The molecule has 100 valence electrons. The Morgan fingerprint density at radius 1 is 1.28 bits per heavy atom. The van der Waals surface area contributed by atoms with Crippen LogP contribution in [0, 0.1) is 0 Å². The van der Waals surface area contributed by atoms with Crippen LogP contribution in [0.15, 0.2) is 17.0 Å². The second-order valence-electron chi connectivity index (χ2n) is 4.56. The van der Waals surface area contributed by atoms with Gasteiger partial charge in [-0.25, -0.2) is 8.42 Å². The summed E-state index contributed by atoms with van der Waals surface area (Å²) in [4.78, 5) is 0.268. The number of hydrogen-bond donors (Lipinski definition) is 1. The van der Waals surface area contributed by atoms with Gasteiger partial charge in [0.2, 0.25) is 0 Å². The molecule has 2 N–H and O–H groups in total. The van der Waals surface area contributed by atoms with E-state index in [1.807, 2.05) is 6.92 Å². The Hall–Kier alpha value is -1.27. The van der Waals surface area contributed by atoms with Crippen LogP contribution in [0.25, 0.3) is 0 Å². The molecule has 0 saturated heterocycles. The number of nitrogens with two attached hydrogens (primary N) is 1. The van der Waals surface area contributed by atoms with E-state index in [4.69, 9.17) is 15.2 Å². The summed E-state index contributed by atoms with van der Waals surface area (Å²) in [5, 5.41) is 0. The molecule has 0 fully saturated rings. The van der Waals surface area contributed by atoms with Crippen LogP contribution in [-0.4, -0.2) is 33.9 Å². The van der Waals surface area contributed by atoms with Gasteiger partial charge in [-0.2, -0.15) is 0 Å². The molecule has 1 unspecified atom stereocenters. The molecular formula is C12H17NO4S. The van der Waals surface area contributed by atoms with E-state index in [9.17, 15) is 8.42 Å². The number of rotatable bonds is 3. The molecule has 2 rings (SSSR count). The zero-order valence-electron chi connectivity index (χ0n) is 10.5. The van der Waals surface area contributed by atoms with E-state index in [2.05, 4.69) is 0 Å². The smallest absolute Gasteiger partial charge is 0.175 e. The Morgan fingerprint density at radius 2 is 1.83 bits per heavy atom. The molecule has 0 bridgehead atoms. The molecule has 1 aromatic rings. The van der Waals surface area contributed by atoms with Gasteiger partial charge in [-0.15, -0.1) is 0 Å². The molecule has 18 heavy (non-hydrogen) atoms. The highest BCUT2D eigenvalue weighted by Crippen LogP contribution is 2.35. The predicted molar refractivity (Wildman–Crippen MR) is 67.9 cm³/mol. The van der Waals surface area contributed by atoms with Crippen molar-refractivity contribution in [3.8, 4) is 11.5 Å². The Morgan fingerprint density at radius 3 is 2.33 bits per heavy atom. The van der Waals surface area contributed by atoms with E-state index in [1.54, 1.807) is 6.07 Å². The maximum Gasteiger partial charge on any atom is 0.175 e. The molecule has 0 saturated carbocycles. The van der Waals surface area contributed by atoms with Crippen molar-refractivity contribution in [1.29, 1.82) is 0 Å². The average Bonchev–Trinajstić information content (AvgIpc) is 2.26. The molecule has 5 nitrogen and oxygen atoms in total. The first kappa shape index (κ1) is 13.2. The third-order valence-corrected chi connectivity index (χ3v) is 3.85. The SMILES string of the molecule is CC(N)Cc1cc2c(cc1S(C)(=O)=O)OCCO2. The minimum absolute atomic E-state index is 0.118. The van der Waals surface area contributed by atoms with Crippen molar-refractivity contribution in [2.75, 3.05) is 19.5 Å². The van der Waals surface area contributed by atoms with Gasteiger partial charge in [0.25, 0.3) is 0 Å². The highest BCUT2D eigenvalue weighted by molar-refractivity contribution is 7.90. The molecule has 1 atom stereocenters. The van der Waals surface area contributed by atoms with Crippen LogP contribution in [-0.2, 0) is 16.3 Å². The number of benzene rings is 1. The number of sulfone groups is 1. The lowest BCUT2D eigenvalue weighted by Crippen LogP contribution is -2.21. The van der Waals surface area contributed by atoms with Crippen molar-refractivity contribution in [3.05, 3.63) is 17.7 Å². The van der Waals surface area contributed by atoms with Gasteiger partial charge in [-0.3, -0.25) is 0 Å². The molecule has 1 aliphatic heterocycles. The quantitative estimate of drug-likeness (QED) is 0.877. The van der Waals surface area contributed by atoms with Crippen LogP contribution in [0.1, 0.15) is 12.5 Å². The summed E-state index contributed by atoms with van der Waals surface area (Å²) in [5.41, 5.74) is 6.42. The summed E-state index contributed by atoms with van der Waals surface area (Å²) in [7, 11) is -3.30. The van der Waals surface area contributed by atoms with Gasteiger partial charge < -0.3 is 15.2 Å². The third kappa shape index (κ3) is 2.76. The van der Waals surface area contributed by atoms with Crippen molar-refractivity contribution in [1.82, 2.24) is 0 Å². The largest absolute Gasteiger partial charge is 0.486 e. The van der Waals surface area contributed by atoms with Crippen molar-refractivity contribution in [2.24, 2.45) is 5.73 Å². The van der Waals surface area contributed by atoms with Gasteiger partial charge in [-0.1, -0.05) is 0 Å². The summed E-state index contributed by atoms with van der Waals surface area (Å²) >= 11 is 0. The summed E-state index contributed by atoms with van der Waals surface area (Å²) in [6.07, 6.45) is 1.67. The van der Waals surface area contributed by atoms with E-state index in [0.717, 1.165) is 0 Å². The van der Waals surface area contributed by atoms with Crippen LogP contribution in [0.4, 0.5) is 0 Å². The third-order valence-electron chi connectivity index (χ3n) is 2.67. The Labute approximate surface area is 107 Å². The maximum atomic E-state index is 11.8. The highest BCUT2D eigenvalue weighted by Gasteiger charge is 2.21. The van der Waals surface area contributed by atoms with Crippen molar-refractivity contribution >= 4 is 9.84 Å². The topological polar surface area (TPSA) is 78.6 Å². The van der Waals surface area contributed by atoms with Crippen LogP contribution in [0.3, 0.4) is 0 Å². The number of ether oxygens (including phenoxy) is 2. The molecule has 0 radical (unpaired) electrons. The van der Waals surface area contributed by atoms with Crippen molar-refractivity contribution in [2.45, 2.75) is 24.3 Å².